The van der Waals surface area contributed by atoms with E-state index in [9.17, 15) is 0 Å². The van der Waals surface area contributed by atoms with Crippen LogP contribution in [0, 0.1) is 0 Å². The SMILES string of the molecule is c1ccc(-c2nc(-c3ccc(-c4cccc5ccc6nc(-c7ccccc7)oc6c45)c4ccccc34)nc(-c3cccc4sc5ccccc5c34)n2)cc1. The van der Waals surface area contributed by atoms with Crippen LogP contribution in [0.2, 0.25) is 0 Å². The molecule has 0 radical (unpaired) electrons. The van der Waals surface area contributed by atoms with Crippen LogP contribution in [0.4, 0.5) is 0 Å². The van der Waals surface area contributed by atoms with Crippen LogP contribution in [0.15, 0.2) is 174 Å². The first-order valence-electron chi connectivity index (χ1n) is 17.9. The number of aromatic nitrogens is 4. The van der Waals surface area contributed by atoms with Gasteiger partial charge in [-0.1, -0.05) is 133 Å². The molecule has 0 spiro atoms. The minimum Gasteiger partial charge on any atom is -0.435 e. The van der Waals surface area contributed by atoms with Crippen LogP contribution in [0.5, 0.6) is 0 Å². The molecule has 11 aromatic rings. The average molecular weight is 709 g/mol. The molecule has 0 saturated carbocycles. The summed E-state index contributed by atoms with van der Waals surface area (Å²) in [6, 6.07) is 58.6. The van der Waals surface area contributed by atoms with Crippen LogP contribution in [0.3, 0.4) is 0 Å². The van der Waals surface area contributed by atoms with Gasteiger partial charge in [0.15, 0.2) is 23.1 Å². The predicted octanol–water partition coefficient (Wildman–Crippen LogP) is 13.0. The lowest BCUT2D eigenvalue weighted by Gasteiger charge is -2.14. The molecule has 0 N–H and O–H groups in total. The zero-order chi connectivity index (χ0) is 35.6. The van der Waals surface area contributed by atoms with E-state index in [0.29, 0.717) is 23.4 Å². The number of rotatable bonds is 5. The maximum atomic E-state index is 6.56. The predicted molar refractivity (Wildman–Crippen MR) is 222 cm³/mol. The van der Waals surface area contributed by atoms with Crippen molar-refractivity contribution in [3.05, 3.63) is 170 Å². The Morgan fingerprint density at radius 2 is 0.981 bits per heavy atom. The Bertz CT molecular complexity index is 3220. The second-order valence-electron chi connectivity index (χ2n) is 13.4. The van der Waals surface area contributed by atoms with Gasteiger partial charge in [-0.15, -0.1) is 11.3 Å². The summed E-state index contributed by atoms with van der Waals surface area (Å²) in [6.45, 7) is 0. The lowest BCUT2D eigenvalue weighted by molar-refractivity contribution is 0.623. The molecule has 0 atom stereocenters. The van der Waals surface area contributed by atoms with Gasteiger partial charge in [0.05, 0.1) is 0 Å². The van der Waals surface area contributed by atoms with Crippen molar-refractivity contribution in [2.75, 3.05) is 0 Å². The van der Waals surface area contributed by atoms with Crippen LogP contribution >= 0.6 is 11.3 Å². The van der Waals surface area contributed by atoms with E-state index < -0.39 is 0 Å². The van der Waals surface area contributed by atoms with Crippen molar-refractivity contribution < 1.29 is 4.42 Å². The summed E-state index contributed by atoms with van der Waals surface area (Å²) in [5, 5.41) is 6.65. The molecule has 3 aromatic heterocycles. The lowest BCUT2D eigenvalue weighted by Crippen LogP contribution is -2.01. The number of benzene rings is 8. The van der Waals surface area contributed by atoms with Gasteiger partial charge in [-0.3, -0.25) is 0 Å². The van der Waals surface area contributed by atoms with Gasteiger partial charge in [0.25, 0.3) is 0 Å². The Morgan fingerprint density at radius 1 is 0.370 bits per heavy atom. The summed E-state index contributed by atoms with van der Waals surface area (Å²) in [6.07, 6.45) is 0. The van der Waals surface area contributed by atoms with E-state index in [1.807, 2.05) is 54.6 Å². The molecule has 0 aliphatic heterocycles. The fourth-order valence-electron chi connectivity index (χ4n) is 7.71. The van der Waals surface area contributed by atoms with E-state index in [-0.39, 0.29) is 0 Å². The molecule has 5 nitrogen and oxygen atoms in total. The Kier molecular flexibility index (Phi) is 6.97. The summed E-state index contributed by atoms with van der Waals surface area (Å²) in [5.41, 5.74) is 7.60. The van der Waals surface area contributed by atoms with Crippen LogP contribution in [-0.4, -0.2) is 19.9 Å². The first-order chi connectivity index (χ1) is 26.8. The van der Waals surface area contributed by atoms with Crippen LogP contribution < -0.4 is 0 Å². The van der Waals surface area contributed by atoms with Crippen molar-refractivity contribution in [1.29, 1.82) is 0 Å². The molecule has 0 aliphatic carbocycles. The minimum absolute atomic E-state index is 0.610. The number of fused-ring (bicyclic) bond motifs is 7. The normalized spacial score (nSPS) is 11.7. The molecule has 0 unspecified atom stereocenters. The van der Waals surface area contributed by atoms with Gasteiger partial charge in [0.1, 0.15) is 5.52 Å². The van der Waals surface area contributed by atoms with Crippen LogP contribution in [0.1, 0.15) is 0 Å². The van der Waals surface area contributed by atoms with E-state index in [1.54, 1.807) is 11.3 Å². The van der Waals surface area contributed by atoms with Crippen LogP contribution in [-0.2, 0) is 0 Å². The number of hydrogen-bond donors (Lipinski definition) is 0. The summed E-state index contributed by atoms with van der Waals surface area (Å²) in [5.74, 6) is 2.52. The molecule has 6 heteroatoms. The first-order valence-corrected chi connectivity index (χ1v) is 18.7. The molecular weight excluding hydrogens is 681 g/mol. The Labute approximate surface area is 313 Å². The largest absolute Gasteiger partial charge is 0.435 e. The lowest BCUT2D eigenvalue weighted by atomic mass is 9.91. The van der Waals surface area contributed by atoms with Gasteiger partial charge in [-0.2, -0.15) is 0 Å². The molecule has 0 saturated heterocycles. The first kappa shape index (κ1) is 30.6. The minimum atomic E-state index is 0.610. The monoisotopic (exact) mass is 708 g/mol. The van der Waals surface area contributed by atoms with Gasteiger partial charge in [0, 0.05) is 47.8 Å². The van der Waals surface area contributed by atoms with Gasteiger partial charge < -0.3 is 4.42 Å². The molecule has 252 valence electrons. The van der Waals surface area contributed by atoms with Gasteiger partial charge in [0.2, 0.25) is 5.89 Å². The van der Waals surface area contributed by atoms with Crippen molar-refractivity contribution in [1.82, 2.24) is 19.9 Å². The van der Waals surface area contributed by atoms with E-state index in [4.69, 9.17) is 24.4 Å². The second-order valence-corrected chi connectivity index (χ2v) is 14.4. The molecule has 8 aromatic carbocycles. The molecular formula is C48H28N4OS. The van der Waals surface area contributed by atoms with E-state index in [2.05, 4.69) is 115 Å². The zero-order valence-corrected chi connectivity index (χ0v) is 29.6. The van der Waals surface area contributed by atoms with Crippen molar-refractivity contribution in [2.45, 2.75) is 0 Å². The van der Waals surface area contributed by atoms with Crippen LogP contribution in [0.25, 0.3) is 110 Å². The summed E-state index contributed by atoms with van der Waals surface area (Å²) >= 11 is 1.79. The topological polar surface area (TPSA) is 64.7 Å². The Balaban J connectivity index is 1.14. The third kappa shape index (κ3) is 4.92. The number of thiophene rings is 1. The fourth-order valence-corrected chi connectivity index (χ4v) is 8.84. The molecule has 0 bridgehead atoms. The standard InChI is InChI=1S/C48H28N4OS/c1-3-13-30(14-4-1)45-50-46(52-47(51-45)38-22-12-24-41-43(38)37-20-9-10-23-40(37)54-41)36-27-26-34(32-18-7-8-19-33(32)36)35-21-11-17-29-25-28-39-44(42(29)35)53-48(49-39)31-15-5-2-6-16-31/h1-28H. The molecule has 3 heterocycles. The quantitative estimate of drug-likeness (QED) is 0.178. The molecule has 11 rings (SSSR count). The second kappa shape index (κ2) is 12.3. The highest BCUT2D eigenvalue weighted by molar-refractivity contribution is 7.25. The Morgan fingerprint density at radius 3 is 1.80 bits per heavy atom. The maximum Gasteiger partial charge on any atom is 0.227 e. The third-order valence-corrected chi connectivity index (χ3v) is 11.3. The summed E-state index contributed by atoms with van der Waals surface area (Å²) in [7, 11) is 0. The summed E-state index contributed by atoms with van der Waals surface area (Å²) in [4.78, 5) is 20.5. The Hall–Kier alpha value is -7.02. The van der Waals surface area contributed by atoms with Crippen molar-refractivity contribution >= 4 is 64.2 Å². The molecule has 54 heavy (non-hydrogen) atoms. The highest BCUT2D eigenvalue weighted by atomic mass is 32.1. The number of nitrogens with zero attached hydrogens (tertiary/aromatic N) is 4. The summed E-state index contributed by atoms with van der Waals surface area (Å²) < 4.78 is 9.01. The van der Waals surface area contributed by atoms with Gasteiger partial charge in [-0.25, -0.2) is 19.9 Å². The zero-order valence-electron chi connectivity index (χ0n) is 28.8. The van der Waals surface area contributed by atoms with E-state index in [1.165, 1.54) is 20.2 Å². The van der Waals surface area contributed by atoms with E-state index >= 15 is 0 Å². The van der Waals surface area contributed by atoms with E-state index in [0.717, 1.165) is 66.0 Å². The van der Waals surface area contributed by atoms with Gasteiger partial charge in [-0.05, 0) is 63.7 Å². The fraction of sp³-hybridized carbons (Fsp3) is 0. The highest BCUT2D eigenvalue weighted by Gasteiger charge is 2.20. The van der Waals surface area contributed by atoms with Crippen molar-refractivity contribution in [3.8, 4) is 56.7 Å². The highest BCUT2D eigenvalue weighted by Crippen LogP contribution is 2.43. The smallest absolute Gasteiger partial charge is 0.227 e. The average Bonchev–Trinajstić information content (AvgIpc) is 3.86. The maximum absolute atomic E-state index is 6.56. The van der Waals surface area contributed by atoms with Crippen molar-refractivity contribution in [3.63, 3.8) is 0 Å². The number of hydrogen-bond acceptors (Lipinski definition) is 6. The van der Waals surface area contributed by atoms with Crippen molar-refractivity contribution in [2.24, 2.45) is 0 Å². The number of oxazole rings is 1. The van der Waals surface area contributed by atoms with Gasteiger partial charge >= 0.3 is 0 Å². The molecule has 0 fully saturated rings. The molecule has 0 amide bonds. The molecule has 0 aliphatic rings. The third-order valence-electron chi connectivity index (χ3n) is 10.2.